The third-order valence-electron chi connectivity index (χ3n) is 2.94. The number of anilines is 1. The van der Waals surface area contributed by atoms with E-state index in [1.165, 1.54) is 6.20 Å². The molecule has 1 saturated carbocycles. The second-order valence-electron chi connectivity index (χ2n) is 4.32. The molecule has 0 saturated heterocycles. The molecule has 2 unspecified atom stereocenters. The lowest BCUT2D eigenvalue weighted by Crippen LogP contribution is -2.34. The molecule has 1 aromatic rings. The maximum Gasteiger partial charge on any atom is 0.230 e. The molecule has 0 radical (unpaired) electrons. The highest BCUT2D eigenvalue weighted by molar-refractivity contribution is 6.29. The van der Waals surface area contributed by atoms with Crippen molar-refractivity contribution < 1.29 is 4.79 Å². The lowest BCUT2D eigenvalue weighted by atomic mass is 9.85. The van der Waals surface area contributed by atoms with E-state index in [0.29, 0.717) is 5.15 Å². The lowest BCUT2D eigenvalue weighted by Gasteiger charge is -2.25. The Hall–Kier alpha value is -1.20. The largest absolute Gasteiger partial charge is 0.328 e. The molecule has 1 aliphatic rings. The van der Waals surface area contributed by atoms with Gasteiger partial charge in [0.1, 0.15) is 5.15 Å². The highest BCUT2D eigenvalue weighted by Gasteiger charge is 2.25. The Kier molecular flexibility index (Phi) is 3.91. The summed E-state index contributed by atoms with van der Waals surface area (Å²) in [6.45, 7) is 0. The van der Waals surface area contributed by atoms with Gasteiger partial charge in [-0.1, -0.05) is 18.0 Å². The number of nitrogens with zero attached hydrogens (tertiary/aromatic N) is 2. The van der Waals surface area contributed by atoms with Crippen molar-refractivity contribution in [2.75, 3.05) is 5.32 Å². The molecule has 0 aliphatic heterocycles. The zero-order chi connectivity index (χ0) is 12.3. The first-order valence-corrected chi connectivity index (χ1v) is 6.08. The van der Waals surface area contributed by atoms with Crippen molar-refractivity contribution in [2.45, 2.75) is 31.7 Å². The van der Waals surface area contributed by atoms with Crippen LogP contribution in [0.4, 0.5) is 5.95 Å². The van der Waals surface area contributed by atoms with Gasteiger partial charge in [0, 0.05) is 18.2 Å². The molecule has 2 atom stereocenters. The van der Waals surface area contributed by atoms with Gasteiger partial charge in [0.05, 0.1) is 0 Å². The molecule has 0 aromatic carbocycles. The number of nitrogens with one attached hydrogen (secondary N) is 1. The summed E-state index contributed by atoms with van der Waals surface area (Å²) in [7, 11) is 0. The van der Waals surface area contributed by atoms with Crippen molar-refractivity contribution >= 4 is 23.5 Å². The van der Waals surface area contributed by atoms with Gasteiger partial charge < -0.3 is 5.73 Å². The Bertz CT molecular complexity index is 412. The van der Waals surface area contributed by atoms with Crippen LogP contribution in [-0.2, 0) is 4.79 Å². The van der Waals surface area contributed by atoms with Crippen LogP contribution in [0.2, 0.25) is 5.15 Å². The quantitative estimate of drug-likeness (QED) is 0.786. The molecule has 17 heavy (non-hydrogen) atoms. The van der Waals surface area contributed by atoms with Crippen LogP contribution in [0, 0.1) is 5.92 Å². The molecule has 1 amide bonds. The van der Waals surface area contributed by atoms with Gasteiger partial charge in [0.15, 0.2) is 0 Å². The zero-order valence-corrected chi connectivity index (χ0v) is 10.2. The molecule has 2 rings (SSSR count). The van der Waals surface area contributed by atoms with E-state index in [-0.39, 0.29) is 23.8 Å². The van der Waals surface area contributed by atoms with Gasteiger partial charge in [-0.2, -0.15) is 0 Å². The summed E-state index contributed by atoms with van der Waals surface area (Å²) in [5.74, 6) is 0.144. The summed E-state index contributed by atoms with van der Waals surface area (Å²) in [6.07, 6.45) is 5.11. The van der Waals surface area contributed by atoms with E-state index >= 15 is 0 Å². The van der Waals surface area contributed by atoms with Crippen LogP contribution in [-0.4, -0.2) is 21.9 Å². The molecule has 5 nitrogen and oxygen atoms in total. The van der Waals surface area contributed by atoms with E-state index in [1.54, 1.807) is 6.07 Å². The molecule has 0 bridgehead atoms. The van der Waals surface area contributed by atoms with E-state index in [0.717, 1.165) is 25.7 Å². The summed E-state index contributed by atoms with van der Waals surface area (Å²) in [6, 6.07) is 1.69. The molecular weight excluding hydrogens is 240 g/mol. The van der Waals surface area contributed by atoms with Crippen molar-refractivity contribution in [1.82, 2.24) is 9.97 Å². The first-order chi connectivity index (χ1) is 8.15. The summed E-state index contributed by atoms with van der Waals surface area (Å²) in [4.78, 5) is 19.8. The highest BCUT2D eigenvalue weighted by atomic mass is 35.5. The fraction of sp³-hybridized carbons (Fsp3) is 0.545. The fourth-order valence-electron chi connectivity index (χ4n) is 2.07. The molecular formula is C11H15ClN4O. The van der Waals surface area contributed by atoms with Gasteiger partial charge in [0.25, 0.3) is 0 Å². The summed E-state index contributed by atoms with van der Waals surface area (Å²) in [5.41, 5.74) is 5.85. The van der Waals surface area contributed by atoms with Crippen molar-refractivity contribution in [1.29, 1.82) is 0 Å². The number of hydrogen-bond acceptors (Lipinski definition) is 4. The summed E-state index contributed by atoms with van der Waals surface area (Å²) < 4.78 is 0. The number of hydrogen-bond donors (Lipinski definition) is 2. The van der Waals surface area contributed by atoms with Gasteiger partial charge in [-0.3, -0.25) is 10.1 Å². The van der Waals surface area contributed by atoms with Crippen LogP contribution in [0.15, 0.2) is 12.3 Å². The Morgan fingerprint density at radius 1 is 1.53 bits per heavy atom. The average molecular weight is 255 g/mol. The van der Waals surface area contributed by atoms with E-state index < -0.39 is 0 Å². The van der Waals surface area contributed by atoms with Crippen molar-refractivity contribution in [2.24, 2.45) is 11.7 Å². The topological polar surface area (TPSA) is 80.9 Å². The molecule has 0 spiro atoms. The maximum absolute atomic E-state index is 11.9. The summed E-state index contributed by atoms with van der Waals surface area (Å²) >= 11 is 5.71. The fourth-order valence-corrected chi connectivity index (χ4v) is 2.21. The smallest absolute Gasteiger partial charge is 0.230 e. The lowest BCUT2D eigenvalue weighted by molar-refractivity contribution is -0.120. The molecule has 92 valence electrons. The minimum atomic E-state index is -0.0672. The Labute approximate surface area is 105 Å². The van der Waals surface area contributed by atoms with Crippen LogP contribution in [0.1, 0.15) is 25.7 Å². The highest BCUT2D eigenvalue weighted by Crippen LogP contribution is 2.24. The Balaban J connectivity index is 1.96. The Morgan fingerprint density at radius 3 is 3.06 bits per heavy atom. The predicted octanol–water partition coefficient (Wildman–Crippen LogP) is 1.59. The number of carbonyl (C=O) groups is 1. The molecule has 1 aromatic heterocycles. The monoisotopic (exact) mass is 254 g/mol. The SMILES string of the molecule is NC1CCCC(C(=O)Nc2nccc(Cl)n2)C1. The Morgan fingerprint density at radius 2 is 2.35 bits per heavy atom. The standard InChI is InChI=1S/C11H15ClN4O/c12-9-4-5-14-11(15-9)16-10(17)7-2-1-3-8(13)6-7/h4-5,7-8H,1-3,6,13H2,(H,14,15,16,17). The van der Waals surface area contributed by atoms with Gasteiger partial charge in [0.2, 0.25) is 11.9 Å². The van der Waals surface area contributed by atoms with Crippen LogP contribution < -0.4 is 11.1 Å². The number of nitrogens with two attached hydrogens (primary N) is 1. The van der Waals surface area contributed by atoms with Crippen LogP contribution in [0.3, 0.4) is 0 Å². The molecule has 1 heterocycles. The average Bonchev–Trinajstić information content (AvgIpc) is 2.29. The van der Waals surface area contributed by atoms with E-state index in [1.807, 2.05) is 0 Å². The number of carbonyl (C=O) groups excluding carboxylic acids is 1. The number of aromatic nitrogens is 2. The number of halogens is 1. The van der Waals surface area contributed by atoms with Crippen LogP contribution in [0.5, 0.6) is 0 Å². The number of amides is 1. The minimum absolute atomic E-state index is 0.0404. The molecule has 1 aliphatic carbocycles. The van der Waals surface area contributed by atoms with Crippen molar-refractivity contribution in [3.8, 4) is 0 Å². The molecule has 1 fully saturated rings. The first-order valence-electron chi connectivity index (χ1n) is 5.70. The second kappa shape index (κ2) is 5.42. The van der Waals surface area contributed by atoms with Gasteiger partial charge in [-0.25, -0.2) is 9.97 Å². The second-order valence-corrected chi connectivity index (χ2v) is 4.70. The van der Waals surface area contributed by atoms with E-state index in [4.69, 9.17) is 17.3 Å². The minimum Gasteiger partial charge on any atom is -0.328 e. The van der Waals surface area contributed by atoms with Gasteiger partial charge >= 0.3 is 0 Å². The maximum atomic E-state index is 11.9. The van der Waals surface area contributed by atoms with Crippen molar-refractivity contribution in [3.63, 3.8) is 0 Å². The first kappa shape index (κ1) is 12.3. The molecule has 6 heteroatoms. The van der Waals surface area contributed by atoms with Crippen molar-refractivity contribution in [3.05, 3.63) is 17.4 Å². The third kappa shape index (κ3) is 3.38. The van der Waals surface area contributed by atoms with E-state index in [9.17, 15) is 4.79 Å². The number of rotatable bonds is 2. The molecule has 3 N–H and O–H groups in total. The zero-order valence-electron chi connectivity index (χ0n) is 9.40. The normalized spacial score (nSPS) is 24.4. The van der Waals surface area contributed by atoms with Crippen LogP contribution >= 0.6 is 11.6 Å². The van der Waals surface area contributed by atoms with E-state index in [2.05, 4.69) is 15.3 Å². The van der Waals surface area contributed by atoms with Gasteiger partial charge in [-0.05, 0) is 25.3 Å². The predicted molar refractivity (Wildman–Crippen MR) is 65.6 cm³/mol. The van der Waals surface area contributed by atoms with Gasteiger partial charge in [-0.15, -0.1) is 0 Å². The summed E-state index contributed by atoms with van der Waals surface area (Å²) in [5, 5.41) is 2.99. The third-order valence-corrected chi connectivity index (χ3v) is 3.15. The van der Waals surface area contributed by atoms with Crippen LogP contribution in [0.25, 0.3) is 0 Å².